The highest BCUT2D eigenvalue weighted by molar-refractivity contribution is 7.89. The highest BCUT2D eigenvalue weighted by Crippen LogP contribution is 2.30. The van der Waals surface area contributed by atoms with Gasteiger partial charge in [0.1, 0.15) is 0 Å². The van der Waals surface area contributed by atoms with Gasteiger partial charge in [-0.25, -0.2) is 8.42 Å². The number of amides is 1. The number of methoxy groups -OCH3 is 2. The Morgan fingerprint density at radius 1 is 0.935 bits per heavy atom. The van der Waals surface area contributed by atoms with E-state index in [0.29, 0.717) is 24.6 Å². The number of ether oxygens (including phenoxy) is 2. The van der Waals surface area contributed by atoms with Gasteiger partial charge < -0.3 is 14.4 Å². The van der Waals surface area contributed by atoms with Gasteiger partial charge in [-0.05, 0) is 43.2 Å². The fourth-order valence-corrected chi connectivity index (χ4v) is 4.99. The van der Waals surface area contributed by atoms with Crippen LogP contribution in [0.5, 0.6) is 11.5 Å². The zero-order valence-electron chi connectivity index (χ0n) is 18.3. The smallest absolute Gasteiger partial charge is 0.246 e. The summed E-state index contributed by atoms with van der Waals surface area (Å²) in [5, 5.41) is 0. The minimum atomic E-state index is -3.69. The Balaban J connectivity index is 1.65. The number of aryl methyl sites for hydroxylation is 2. The third-order valence-electron chi connectivity index (χ3n) is 5.37. The van der Waals surface area contributed by atoms with E-state index in [2.05, 4.69) is 6.07 Å². The van der Waals surface area contributed by atoms with E-state index >= 15 is 0 Å². The Labute approximate surface area is 183 Å². The Hall–Kier alpha value is -2.84. The van der Waals surface area contributed by atoms with E-state index in [1.165, 1.54) is 36.2 Å². The normalized spacial score (nSPS) is 15.3. The number of sulfonamides is 1. The second-order valence-corrected chi connectivity index (χ2v) is 9.38. The van der Waals surface area contributed by atoms with Crippen LogP contribution in [-0.2, 0) is 14.8 Å². The summed E-state index contributed by atoms with van der Waals surface area (Å²) in [5.41, 5.74) is 3.27. The van der Waals surface area contributed by atoms with Crippen LogP contribution in [0, 0.1) is 13.8 Å². The van der Waals surface area contributed by atoms with Crippen LogP contribution in [0.1, 0.15) is 16.7 Å². The molecule has 0 aromatic heterocycles. The Morgan fingerprint density at radius 3 is 2.23 bits per heavy atom. The quantitative estimate of drug-likeness (QED) is 0.641. The van der Waals surface area contributed by atoms with Crippen molar-refractivity contribution in [1.29, 1.82) is 0 Å². The lowest BCUT2D eigenvalue weighted by Crippen LogP contribution is -2.50. The maximum Gasteiger partial charge on any atom is 0.246 e. The molecule has 0 aliphatic carbocycles. The fourth-order valence-electron chi connectivity index (χ4n) is 3.55. The highest BCUT2D eigenvalue weighted by Gasteiger charge is 2.30. The second-order valence-electron chi connectivity index (χ2n) is 7.44. The molecule has 166 valence electrons. The van der Waals surface area contributed by atoms with Gasteiger partial charge >= 0.3 is 0 Å². The minimum absolute atomic E-state index is 0.122. The molecule has 0 bridgehead atoms. The summed E-state index contributed by atoms with van der Waals surface area (Å²) in [5.74, 6) is 0.699. The lowest BCUT2D eigenvalue weighted by Gasteiger charge is -2.33. The molecule has 0 spiro atoms. The summed E-state index contributed by atoms with van der Waals surface area (Å²) < 4.78 is 37.8. The molecule has 0 radical (unpaired) electrons. The molecule has 0 atom stereocenters. The summed E-state index contributed by atoms with van der Waals surface area (Å²) in [6, 6.07) is 10.6. The molecule has 1 amide bonds. The van der Waals surface area contributed by atoms with E-state index in [1.807, 2.05) is 32.1 Å². The van der Waals surface area contributed by atoms with Crippen molar-refractivity contribution in [2.75, 3.05) is 40.4 Å². The van der Waals surface area contributed by atoms with E-state index in [1.54, 1.807) is 17.0 Å². The molecule has 8 heteroatoms. The monoisotopic (exact) mass is 444 g/mol. The van der Waals surface area contributed by atoms with Gasteiger partial charge in [0.05, 0.1) is 19.1 Å². The summed E-state index contributed by atoms with van der Waals surface area (Å²) in [7, 11) is -0.732. The fraction of sp³-hybridized carbons (Fsp3) is 0.348. The molecule has 1 aliphatic rings. The molecule has 2 aromatic rings. The summed E-state index contributed by atoms with van der Waals surface area (Å²) in [6.07, 6.45) is 3.36. The van der Waals surface area contributed by atoms with Gasteiger partial charge in [0.15, 0.2) is 11.5 Å². The van der Waals surface area contributed by atoms with Crippen LogP contribution >= 0.6 is 0 Å². The number of piperazine rings is 1. The van der Waals surface area contributed by atoms with Crippen LogP contribution in [0.2, 0.25) is 0 Å². The number of hydrogen-bond donors (Lipinski definition) is 0. The van der Waals surface area contributed by atoms with Crippen LogP contribution in [0.4, 0.5) is 0 Å². The summed E-state index contributed by atoms with van der Waals surface area (Å²) in [4.78, 5) is 14.4. The van der Waals surface area contributed by atoms with Crippen molar-refractivity contribution in [3.63, 3.8) is 0 Å². The average molecular weight is 445 g/mol. The molecule has 0 unspecified atom stereocenters. The molecule has 1 fully saturated rings. The molecule has 1 saturated heterocycles. The molecule has 1 aliphatic heterocycles. The van der Waals surface area contributed by atoms with E-state index in [4.69, 9.17) is 9.47 Å². The molecule has 0 saturated carbocycles. The maximum atomic E-state index is 13.0. The average Bonchev–Trinajstić information content (AvgIpc) is 2.77. The van der Waals surface area contributed by atoms with Crippen molar-refractivity contribution < 1.29 is 22.7 Å². The first-order valence-electron chi connectivity index (χ1n) is 10.0. The predicted octanol–water partition coefficient (Wildman–Crippen LogP) is 2.87. The van der Waals surface area contributed by atoms with Crippen molar-refractivity contribution in [2.24, 2.45) is 0 Å². The molecular weight excluding hydrogens is 416 g/mol. The third-order valence-corrected chi connectivity index (χ3v) is 7.27. The SMILES string of the molecule is COc1ccc(S(=O)(=O)N2CCN(C(=O)/C=C/c3ccc(C)cc3C)CC2)cc1OC. The maximum absolute atomic E-state index is 13.0. The standard InChI is InChI=1S/C23H28N2O5S/c1-17-5-6-19(18(2)15-17)7-10-23(26)24-11-13-25(14-12-24)31(27,28)20-8-9-21(29-3)22(16-20)30-4/h5-10,15-16H,11-14H2,1-4H3/b10-7+. The number of carbonyl (C=O) groups excluding carboxylic acids is 1. The minimum Gasteiger partial charge on any atom is -0.493 e. The van der Waals surface area contributed by atoms with Crippen LogP contribution in [0.25, 0.3) is 6.08 Å². The molecule has 31 heavy (non-hydrogen) atoms. The third kappa shape index (κ3) is 5.08. The largest absolute Gasteiger partial charge is 0.493 e. The molecule has 7 nitrogen and oxygen atoms in total. The lowest BCUT2D eigenvalue weighted by molar-refractivity contribution is -0.127. The van der Waals surface area contributed by atoms with Gasteiger partial charge in [-0.1, -0.05) is 23.8 Å². The van der Waals surface area contributed by atoms with Crippen molar-refractivity contribution in [3.05, 3.63) is 59.2 Å². The predicted molar refractivity (Wildman–Crippen MR) is 120 cm³/mol. The summed E-state index contributed by atoms with van der Waals surface area (Å²) >= 11 is 0. The number of carbonyl (C=O) groups is 1. The zero-order chi connectivity index (χ0) is 22.6. The van der Waals surface area contributed by atoms with Gasteiger partial charge in [0.25, 0.3) is 0 Å². The van der Waals surface area contributed by atoms with Crippen molar-refractivity contribution in [3.8, 4) is 11.5 Å². The first-order chi connectivity index (χ1) is 14.8. The van der Waals surface area contributed by atoms with Crippen LogP contribution in [0.3, 0.4) is 0 Å². The first-order valence-corrected chi connectivity index (χ1v) is 11.5. The Bertz CT molecular complexity index is 1090. The Morgan fingerprint density at radius 2 is 1.61 bits per heavy atom. The van der Waals surface area contributed by atoms with E-state index in [0.717, 1.165) is 11.1 Å². The number of benzene rings is 2. The number of hydrogen-bond acceptors (Lipinski definition) is 5. The van der Waals surface area contributed by atoms with Crippen molar-refractivity contribution in [1.82, 2.24) is 9.21 Å². The molecule has 2 aromatic carbocycles. The van der Waals surface area contributed by atoms with Crippen LogP contribution < -0.4 is 9.47 Å². The number of nitrogens with zero attached hydrogens (tertiary/aromatic N) is 2. The second kappa shape index (κ2) is 9.53. The van der Waals surface area contributed by atoms with Gasteiger partial charge in [-0.15, -0.1) is 0 Å². The molecule has 0 N–H and O–H groups in total. The van der Waals surface area contributed by atoms with Crippen LogP contribution in [-0.4, -0.2) is 63.9 Å². The molecule has 1 heterocycles. The molecule has 3 rings (SSSR count). The van der Waals surface area contributed by atoms with Gasteiger partial charge in [0.2, 0.25) is 15.9 Å². The van der Waals surface area contributed by atoms with Gasteiger partial charge in [-0.2, -0.15) is 4.31 Å². The Kier molecular flexibility index (Phi) is 7.02. The van der Waals surface area contributed by atoms with E-state index < -0.39 is 10.0 Å². The topological polar surface area (TPSA) is 76.2 Å². The molecular formula is C23H28N2O5S. The van der Waals surface area contributed by atoms with E-state index in [9.17, 15) is 13.2 Å². The van der Waals surface area contributed by atoms with Gasteiger partial charge in [0, 0.05) is 38.3 Å². The van der Waals surface area contributed by atoms with Gasteiger partial charge in [-0.3, -0.25) is 4.79 Å². The first kappa shape index (κ1) is 22.8. The van der Waals surface area contributed by atoms with E-state index in [-0.39, 0.29) is 23.9 Å². The van der Waals surface area contributed by atoms with Crippen molar-refractivity contribution in [2.45, 2.75) is 18.7 Å². The number of rotatable bonds is 6. The lowest BCUT2D eigenvalue weighted by atomic mass is 10.1. The zero-order valence-corrected chi connectivity index (χ0v) is 19.1. The summed E-state index contributed by atoms with van der Waals surface area (Å²) in [6.45, 7) is 5.18. The highest BCUT2D eigenvalue weighted by atomic mass is 32.2. The van der Waals surface area contributed by atoms with Crippen LogP contribution in [0.15, 0.2) is 47.4 Å². The van der Waals surface area contributed by atoms with Crippen molar-refractivity contribution >= 4 is 22.0 Å².